The van der Waals surface area contributed by atoms with Gasteiger partial charge in [-0.1, -0.05) is 37.3 Å². The number of aliphatic hydroxyl groups is 1. The van der Waals surface area contributed by atoms with Gasteiger partial charge in [-0.15, -0.1) is 0 Å². The van der Waals surface area contributed by atoms with E-state index in [0.717, 1.165) is 5.57 Å². The Morgan fingerprint density at radius 3 is 2.67 bits per heavy atom. The lowest BCUT2D eigenvalue weighted by atomic mass is 9.90. The lowest BCUT2D eigenvalue weighted by molar-refractivity contribution is -0.158. The molecule has 0 unspecified atom stereocenters. The predicted octanol–water partition coefficient (Wildman–Crippen LogP) is 2.48. The van der Waals surface area contributed by atoms with Crippen LogP contribution in [0.1, 0.15) is 20.8 Å². The molecule has 3 nitrogen and oxygen atoms in total. The van der Waals surface area contributed by atoms with Gasteiger partial charge in [-0.05, 0) is 19.4 Å². The van der Waals surface area contributed by atoms with Crippen molar-refractivity contribution in [1.82, 2.24) is 0 Å². The first kappa shape index (κ1) is 15.2. The van der Waals surface area contributed by atoms with Crippen LogP contribution in [-0.2, 0) is 9.47 Å². The summed E-state index contributed by atoms with van der Waals surface area (Å²) in [4.78, 5) is 0. The van der Waals surface area contributed by atoms with Crippen LogP contribution in [0.25, 0.3) is 0 Å². The van der Waals surface area contributed by atoms with Crippen LogP contribution in [0.5, 0.6) is 0 Å². The predicted molar refractivity (Wildman–Crippen MR) is 73.4 cm³/mol. The number of aliphatic hydroxyl groups excluding tert-OH is 1. The third-order valence-corrected chi connectivity index (χ3v) is 3.24. The molecule has 3 heteroatoms. The van der Waals surface area contributed by atoms with Gasteiger partial charge in [0.25, 0.3) is 0 Å². The normalized spacial score (nSPS) is 34.6. The summed E-state index contributed by atoms with van der Waals surface area (Å²) in [5, 5.41) is 10.2. The van der Waals surface area contributed by atoms with E-state index < -0.39 is 6.10 Å². The molecular formula is C15H24O3. The van der Waals surface area contributed by atoms with Crippen LogP contribution in [0.15, 0.2) is 36.0 Å². The maximum atomic E-state index is 10.2. The summed E-state index contributed by atoms with van der Waals surface area (Å²) in [5.74, 6) is 0.215. The van der Waals surface area contributed by atoms with E-state index in [2.05, 4.69) is 0 Å². The topological polar surface area (TPSA) is 38.7 Å². The van der Waals surface area contributed by atoms with E-state index in [1.165, 1.54) is 0 Å². The second-order valence-corrected chi connectivity index (χ2v) is 4.74. The Hall–Kier alpha value is -0.900. The molecule has 1 saturated heterocycles. The molecule has 0 aromatic heterocycles. The molecule has 1 fully saturated rings. The van der Waals surface area contributed by atoms with Crippen LogP contribution in [0, 0.1) is 5.92 Å². The van der Waals surface area contributed by atoms with Crippen LogP contribution >= 0.6 is 0 Å². The Morgan fingerprint density at radius 2 is 2.06 bits per heavy atom. The number of rotatable bonds is 4. The minimum Gasteiger partial charge on any atom is -0.387 e. The number of allylic oxidation sites excluding steroid dienone is 5. The van der Waals surface area contributed by atoms with E-state index in [9.17, 15) is 5.11 Å². The zero-order valence-corrected chi connectivity index (χ0v) is 11.7. The Bertz CT molecular complexity index is 331. The van der Waals surface area contributed by atoms with Gasteiger partial charge in [-0.25, -0.2) is 0 Å². The smallest absolute Gasteiger partial charge is 0.110 e. The average Bonchev–Trinajstić information content (AvgIpc) is 2.35. The molecule has 0 spiro atoms. The van der Waals surface area contributed by atoms with Crippen molar-refractivity contribution < 1.29 is 14.6 Å². The maximum Gasteiger partial charge on any atom is 0.110 e. The molecule has 0 aliphatic carbocycles. The van der Waals surface area contributed by atoms with E-state index in [1.807, 2.05) is 51.2 Å². The minimum atomic E-state index is -0.606. The van der Waals surface area contributed by atoms with Crippen molar-refractivity contribution in [1.29, 1.82) is 0 Å². The summed E-state index contributed by atoms with van der Waals surface area (Å²) in [5.41, 5.74) is 1.01. The monoisotopic (exact) mass is 252 g/mol. The van der Waals surface area contributed by atoms with E-state index in [-0.39, 0.29) is 18.1 Å². The molecule has 0 aromatic rings. The van der Waals surface area contributed by atoms with Gasteiger partial charge in [0.05, 0.1) is 12.7 Å². The fourth-order valence-electron chi connectivity index (χ4n) is 2.21. The molecule has 1 aliphatic rings. The summed E-state index contributed by atoms with van der Waals surface area (Å²) in [7, 11) is 1.64. The van der Waals surface area contributed by atoms with E-state index in [0.29, 0.717) is 6.61 Å². The SMILES string of the molecule is C/C=C/C=C/C=C(\C)[C@@H]1OC[C@H](C)[C@H](OC)[C@H]1O. The minimum absolute atomic E-state index is 0.161. The van der Waals surface area contributed by atoms with E-state index >= 15 is 0 Å². The molecule has 1 aliphatic heterocycles. The molecule has 1 heterocycles. The molecular weight excluding hydrogens is 228 g/mol. The van der Waals surface area contributed by atoms with E-state index in [4.69, 9.17) is 9.47 Å². The quantitative estimate of drug-likeness (QED) is 0.781. The zero-order valence-electron chi connectivity index (χ0n) is 11.7. The Morgan fingerprint density at radius 1 is 1.33 bits per heavy atom. The Kier molecular flexibility index (Phi) is 6.33. The number of ether oxygens (including phenoxy) is 2. The first-order valence-electron chi connectivity index (χ1n) is 6.40. The highest BCUT2D eigenvalue weighted by Crippen LogP contribution is 2.26. The molecule has 0 saturated carbocycles. The summed E-state index contributed by atoms with van der Waals surface area (Å²) in [6.45, 7) is 6.58. The third kappa shape index (κ3) is 3.80. The lowest BCUT2D eigenvalue weighted by Gasteiger charge is -2.38. The lowest BCUT2D eigenvalue weighted by Crippen LogP contribution is -2.50. The summed E-state index contributed by atoms with van der Waals surface area (Å²) in [6.07, 6.45) is 8.76. The second kappa shape index (κ2) is 7.52. The fraction of sp³-hybridized carbons (Fsp3) is 0.600. The second-order valence-electron chi connectivity index (χ2n) is 4.74. The number of hydrogen-bond acceptors (Lipinski definition) is 3. The fourth-order valence-corrected chi connectivity index (χ4v) is 2.21. The Balaban J connectivity index is 2.70. The zero-order chi connectivity index (χ0) is 13.5. The molecule has 1 N–H and O–H groups in total. The molecule has 4 atom stereocenters. The highest BCUT2D eigenvalue weighted by molar-refractivity contribution is 5.19. The van der Waals surface area contributed by atoms with Gasteiger partial charge in [-0.3, -0.25) is 0 Å². The van der Waals surface area contributed by atoms with Crippen molar-refractivity contribution in [2.24, 2.45) is 5.92 Å². The molecule has 0 radical (unpaired) electrons. The first-order chi connectivity index (χ1) is 8.61. The number of hydrogen-bond donors (Lipinski definition) is 1. The van der Waals surface area contributed by atoms with Gasteiger partial charge in [-0.2, -0.15) is 0 Å². The molecule has 102 valence electrons. The van der Waals surface area contributed by atoms with Crippen molar-refractivity contribution in [2.45, 2.75) is 39.1 Å². The maximum absolute atomic E-state index is 10.2. The standard InChI is InChI=1S/C15H24O3/c1-5-6-7-8-9-11(2)15-13(16)14(17-4)12(3)10-18-15/h5-9,12-16H,10H2,1-4H3/b6-5+,8-7+,11-9+/t12-,13+,14-,15-/m0/s1. The number of methoxy groups -OCH3 is 1. The van der Waals surface area contributed by atoms with Crippen molar-refractivity contribution in [3.8, 4) is 0 Å². The largest absolute Gasteiger partial charge is 0.387 e. The van der Waals surface area contributed by atoms with Crippen molar-refractivity contribution in [3.63, 3.8) is 0 Å². The van der Waals surface area contributed by atoms with Crippen LogP contribution < -0.4 is 0 Å². The van der Waals surface area contributed by atoms with E-state index in [1.54, 1.807) is 7.11 Å². The third-order valence-electron chi connectivity index (χ3n) is 3.24. The van der Waals surface area contributed by atoms with Crippen molar-refractivity contribution in [2.75, 3.05) is 13.7 Å². The molecule has 1 rings (SSSR count). The van der Waals surface area contributed by atoms with Gasteiger partial charge < -0.3 is 14.6 Å². The Labute approximate surface area is 110 Å². The van der Waals surface area contributed by atoms with Crippen LogP contribution in [-0.4, -0.2) is 37.1 Å². The summed E-state index contributed by atoms with van der Waals surface area (Å²) < 4.78 is 11.1. The van der Waals surface area contributed by atoms with Gasteiger partial charge in [0, 0.05) is 13.0 Å². The summed E-state index contributed by atoms with van der Waals surface area (Å²) in [6, 6.07) is 0. The van der Waals surface area contributed by atoms with Crippen LogP contribution in [0.2, 0.25) is 0 Å². The van der Waals surface area contributed by atoms with Gasteiger partial charge in [0.15, 0.2) is 0 Å². The highest BCUT2D eigenvalue weighted by atomic mass is 16.5. The van der Waals surface area contributed by atoms with Crippen molar-refractivity contribution in [3.05, 3.63) is 36.0 Å². The molecule has 0 aromatic carbocycles. The van der Waals surface area contributed by atoms with Crippen molar-refractivity contribution >= 4 is 0 Å². The molecule has 0 bridgehead atoms. The van der Waals surface area contributed by atoms with Gasteiger partial charge >= 0.3 is 0 Å². The average molecular weight is 252 g/mol. The van der Waals surface area contributed by atoms with Crippen LogP contribution in [0.3, 0.4) is 0 Å². The van der Waals surface area contributed by atoms with Crippen LogP contribution in [0.4, 0.5) is 0 Å². The first-order valence-corrected chi connectivity index (χ1v) is 6.40. The van der Waals surface area contributed by atoms with Gasteiger partial charge in [0.2, 0.25) is 0 Å². The highest BCUT2D eigenvalue weighted by Gasteiger charge is 2.37. The van der Waals surface area contributed by atoms with Gasteiger partial charge in [0.1, 0.15) is 12.2 Å². The molecule has 18 heavy (non-hydrogen) atoms. The summed E-state index contributed by atoms with van der Waals surface area (Å²) >= 11 is 0. The molecule has 0 amide bonds.